The number of carbonyl (C=O) groups excluding carboxylic acids is 1. The SMILES string of the molecule is CCN(CC)CCN(C(=O)c1ccccc1S(=O)(=O)CC)c1nc2cc(C)cc(C)c2s1. The standard InChI is InChI=1S/C24H31N3O3S2/c1-6-26(7-2)13-14-27(24-25-20-16-17(4)15-18(5)22(20)31-24)23(28)19-11-9-10-12-21(19)32(29,30)8-3/h9-12,15-16H,6-8,13-14H2,1-5H3. The zero-order valence-electron chi connectivity index (χ0n) is 19.4. The maximum Gasteiger partial charge on any atom is 0.261 e. The molecule has 0 unspecified atom stereocenters. The van der Waals surface area contributed by atoms with Crippen LogP contribution in [0.3, 0.4) is 0 Å². The minimum absolute atomic E-state index is 0.0592. The third-order valence-electron chi connectivity index (χ3n) is 5.65. The molecule has 0 N–H and O–H groups in total. The van der Waals surface area contributed by atoms with Crippen molar-refractivity contribution in [3.8, 4) is 0 Å². The molecule has 0 fully saturated rings. The highest BCUT2D eigenvalue weighted by Gasteiger charge is 2.27. The van der Waals surface area contributed by atoms with Crippen molar-refractivity contribution in [3.63, 3.8) is 0 Å². The number of thiazole rings is 1. The van der Waals surface area contributed by atoms with Gasteiger partial charge in [-0.15, -0.1) is 0 Å². The Morgan fingerprint density at radius 3 is 2.38 bits per heavy atom. The van der Waals surface area contributed by atoms with Crippen molar-refractivity contribution in [2.24, 2.45) is 0 Å². The molecule has 0 bridgehead atoms. The van der Waals surface area contributed by atoms with E-state index in [2.05, 4.69) is 24.8 Å². The van der Waals surface area contributed by atoms with Crippen molar-refractivity contribution >= 4 is 42.4 Å². The van der Waals surface area contributed by atoms with Crippen LogP contribution in [-0.4, -0.2) is 56.1 Å². The largest absolute Gasteiger partial charge is 0.302 e. The number of benzene rings is 2. The quantitative estimate of drug-likeness (QED) is 0.451. The number of carbonyl (C=O) groups is 1. The van der Waals surface area contributed by atoms with Gasteiger partial charge >= 0.3 is 0 Å². The monoisotopic (exact) mass is 473 g/mol. The number of hydrogen-bond donors (Lipinski definition) is 0. The Morgan fingerprint density at radius 1 is 1.03 bits per heavy atom. The number of hydrogen-bond acceptors (Lipinski definition) is 6. The minimum Gasteiger partial charge on any atom is -0.302 e. The molecule has 32 heavy (non-hydrogen) atoms. The second kappa shape index (κ2) is 10.1. The molecule has 1 amide bonds. The fraction of sp³-hybridized carbons (Fsp3) is 0.417. The lowest BCUT2D eigenvalue weighted by atomic mass is 10.1. The normalized spacial score (nSPS) is 11.9. The van der Waals surface area contributed by atoms with Crippen LogP contribution in [0.5, 0.6) is 0 Å². The summed E-state index contributed by atoms with van der Waals surface area (Å²) in [6.45, 7) is 12.7. The number of sulfone groups is 1. The summed E-state index contributed by atoms with van der Waals surface area (Å²) in [5.74, 6) is -0.394. The summed E-state index contributed by atoms with van der Waals surface area (Å²) < 4.78 is 26.4. The third-order valence-corrected chi connectivity index (χ3v) is 8.67. The van der Waals surface area contributed by atoms with Gasteiger partial charge in [-0.25, -0.2) is 13.4 Å². The van der Waals surface area contributed by atoms with E-state index in [0.717, 1.165) is 34.4 Å². The molecule has 3 aromatic rings. The number of rotatable bonds is 9. The maximum atomic E-state index is 13.8. The average Bonchev–Trinajstić information content (AvgIpc) is 3.20. The zero-order valence-corrected chi connectivity index (χ0v) is 21.0. The van der Waals surface area contributed by atoms with E-state index in [9.17, 15) is 13.2 Å². The second-order valence-corrected chi connectivity index (χ2v) is 11.0. The van der Waals surface area contributed by atoms with E-state index in [-0.39, 0.29) is 22.1 Å². The van der Waals surface area contributed by atoms with E-state index in [0.29, 0.717) is 18.2 Å². The van der Waals surface area contributed by atoms with Crippen molar-refractivity contribution < 1.29 is 13.2 Å². The van der Waals surface area contributed by atoms with Gasteiger partial charge in [0.05, 0.1) is 26.4 Å². The van der Waals surface area contributed by atoms with Gasteiger partial charge in [-0.2, -0.15) is 0 Å². The molecule has 0 saturated carbocycles. The molecular weight excluding hydrogens is 442 g/mol. The molecule has 3 rings (SSSR count). The van der Waals surface area contributed by atoms with Crippen LogP contribution in [0.25, 0.3) is 10.2 Å². The van der Waals surface area contributed by atoms with Crippen molar-refractivity contribution in [2.45, 2.75) is 39.5 Å². The van der Waals surface area contributed by atoms with Gasteiger partial charge in [-0.3, -0.25) is 9.69 Å². The molecule has 0 aliphatic rings. The van der Waals surface area contributed by atoms with Gasteiger partial charge in [-0.05, 0) is 56.3 Å². The van der Waals surface area contributed by atoms with Crippen LogP contribution in [-0.2, 0) is 9.84 Å². The van der Waals surface area contributed by atoms with Crippen LogP contribution in [0, 0.1) is 13.8 Å². The highest BCUT2D eigenvalue weighted by molar-refractivity contribution is 7.91. The Morgan fingerprint density at radius 2 is 1.72 bits per heavy atom. The number of likely N-dealkylation sites (N-methyl/N-ethyl adjacent to an activating group) is 1. The molecule has 0 aliphatic heterocycles. The van der Waals surface area contributed by atoms with Crippen LogP contribution in [0.2, 0.25) is 0 Å². The number of fused-ring (bicyclic) bond motifs is 1. The summed E-state index contributed by atoms with van der Waals surface area (Å²) in [6, 6.07) is 10.6. The summed E-state index contributed by atoms with van der Waals surface area (Å²) in [5, 5.41) is 0.592. The first-order chi connectivity index (χ1) is 15.2. The van der Waals surface area contributed by atoms with Crippen molar-refractivity contribution in [3.05, 3.63) is 53.1 Å². The molecule has 0 radical (unpaired) electrons. The Kier molecular flexibility index (Phi) is 7.69. The topological polar surface area (TPSA) is 70.6 Å². The van der Waals surface area contributed by atoms with Gasteiger partial charge in [0.15, 0.2) is 15.0 Å². The second-order valence-electron chi connectivity index (χ2n) is 7.81. The molecule has 2 aromatic carbocycles. The van der Waals surface area contributed by atoms with E-state index < -0.39 is 9.84 Å². The molecular formula is C24H31N3O3S2. The van der Waals surface area contributed by atoms with Crippen molar-refractivity contribution in [2.75, 3.05) is 36.8 Å². The van der Waals surface area contributed by atoms with E-state index >= 15 is 0 Å². The highest BCUT2D eigenvalue weighted by atomic mass is 32.2. The Labute approximate surface area is 194 Å². The zero-order chi connectivity index (χ0) is 23.5. The van der Waals surface area contributed by atoms with E-state index in [1.165, 1.54) is 17.4 Å². The van der Waals surface area contributed by atoms with Crippen LogP contribution in [0.4, 0.5) is 5.13 Å². The van der Waals surface area contributed by atoms with Gasteiger partial charge in [0, 0.05) is 13.1 Å². The van der Waals surface area contributed by atoms with E-state index in [1.54, 1.807) is 30.0 Å². The number of aryl methyl sites for hydroxylation is 2. The first-order valence-electron chi connectivity index (χ1n) is 11.0. The molecule has 0 saturated heterocycles. The maximum absolute atomic E-state index is 13.8. The molecule has 1 aromatic heterocycles. The lowest BCUT2D eigenvalue weighted by molar-refractivity contribution is 0.0980. The van der Waals surface area contributed by atoms with Gasteiger partial charge in [-0.1, -0.05) is 50.3 Å². The number of nitrogens with zero attached hydrogens (tertiary/aromatic N) is 3. The van der Waals surface area contributed by atoms with Crippen molar-refractivity contribution in [1.29, 1.82) is 0 Å². The van der Waals surface area contributed by atoms with E-state index in [4.69, 9.17) is 4.98 Å². The summed E-state index contributed by atoms with van der Waals surface area (Å²) in [5.41, 5.74) is 3.29. The van der Waals surface area contributed by atoms with Gasteiger partial charge < -0.3 is 4.90 Å². The smallest absolute Gasteiger partial charge is 0.261 e. The lowest BCUT2D eigenvalue weighted by Crippen LogP contribution is -2.39. The molecule has 8 heteroatoms. The Balaban J connectivity index is 2.10. The summed E-state index contributed by atoms with van der Waals surface area (Å²) in [7, 11) is -3.54. The van der Waals surface area contributed by atoms with Gasteiger partial charge in [0.1, 0.15) is 0 Å². The predicted molar refractivity (Wildman–Crippen MR) is 133 cm³/mol. The molecule has 0 aliphatic carbocycles. The van der Waals surface area contributed by atoms with Crippen LogP contribution in [0.15, 0.2) is 41.3 Å². The molecule has 1 heterocycles. The van der Waals surface area contributed by atoms with Gasteiger partial charge in [0.2, 0.25) is 0 Å². The van der Waals surface area contributed by atoms with Crippen LogP contribution >= 0.6 is 11.3 Å². The van der Waals surface area contributed by atoms with Gasteiger partial charge in [0.25, 0.3) is 5.91 Å². The summed E-state index contributed by atoms with van der Waals surface area (Å²) in [6.07, 6.45) is 0. The first kappa shape index (κ1) is 24.4. The van der Waals surface area contributed by atoms with E-state index in [1.807, 2.05) is 19.9 Å². The fourth-order valence-electron chi connectivity index (χ4n) is 3.76. The average molecular weight is 474 g/mol. The number of aromatic nitrogens is 1. The molecule has 0 spiro atoms. The highest BCUT2D eigenvalue weighted by Crippen LogP contribution is 2.33. The molecule has 0 atom stereocenters. The molecule has 172 valence electrons. The van der Waals surface area contributed by atoms with Crippen LogP contribution in [0.1, 0.15) is 42.3 Å². The molecule has 6 nitrogen and oxygen atoms in total. The minimum atomic E-state index is -3.54. The number of anilines is 1. The summed E-state index contributed by atoms with van der Waals surface area (Å²) >= 11 is 1.48. The predicted octanol–water partition coefficient (Wildman–Crippen LogP) is 4.70. The first-order valence-corrected chi connectivity index (χ1v) is 13.4. The summed E-state index contributed by atoms with van der Waals surface area (Å²) in [4.78, 5) is 22.5. The Bertz CT molecular complexity index is 1210. The fourth-order valence-corrected chi connectivity index (χ4v) is 5.89. The third kappa shape index (κ3) is 5.03. The van der Waals surface area contributed by atoms with Crippen LogP contribution < -0.4 is 4.90 Å². The Hall–Kier alpha value is -2.29. The lowest BCUT2D eigenvalue weighted by Gasteiger charge is -2.25. The number of amides is 1. The van der Waals surface area contributed by atoms with Crippen molar-refractivity contribution in [1.82, 2.24) is 9.88 Å².